The Balaban J connectivity index is 1.43. The van der Waals surface area contributed by atoms with Crippen molar-refractivity contribution >= 4 is 22.7 Å². The molecule has 1 aliphatic carbocycles. The predicted octanol–water partition coefficient (Wildman–Crippen LogP) is 4.67. The van der Waals surface area contributed by atoms with Gasteiger partial charge in [0.2, 0.25) is 0 Å². The van der Waals surface area contributed by atoms with Crippen LogP contribution in [-0.4, -0.2) is 46.6 Å². The van der Waals surface area contributed by atoms with Crippen molar-refractivity contribution in [3.63, 3.8) is 0 Å². The molecule has 1 saturated heterocycles. The van der Waals surface area contributed by atoms with Crippen LogP contribution >= 0.6 is 0 Å². The molecule has 0 spiro atoms. The van der Waals surface area contributed by atoms with Crippen molar-refractivity contribution in [3.05, 3.63) is 95.6 Å². The van der Waals surface area contributed by atoms with Crippen molar-refractivity contribution in [2.24, 2.45) is 5.92 Å². The molecule has 1 aliphatic heterocycles. The molecule has 2 aromatic carbocycles. The van der Waals surface area contributed by atoms with Gasteiger partial charge in [0.1, 0.15) is 12.1 Å². The summed E-state index contributed by atoms with van der Waals surface area (Å²) in [7, 11) is -1.48. The van der Waals surface area contributed by atoms with E-state index in [2.05, 4.69) is 16.5 Å². The van der Waals surface area contributed by atoms with Gasteiger partial charge in [-0.25, -0.2) is 13.7 Å². The number of allylic oxidation sites excluding steroid dienone is 3. The van der Waals surface area contributed by atoms with E-state index in [1.54, 1.807) is 0 Å². The summed E-state index contributed by atoms with van der Waals surface area (Å²) < 4.78 is 22.1. The smallest absolute Gasteiger partial charge is 0.329 e. The number of piperidine rings is 1. The van der Waals surface area contributed by atoms with Crippen LogP contribution in [-0.2, 0) is 31.1 Å². The topological polar surface area (TPSA) is 75.7 Å². The minimum Gasteiger partial charge on any atom is -0.459 e. The van der Waals surface area contributed by atoms with E-state index >= 15 is 0 Å². The first-order chi connectivity index (χ1) is 18.0. The van der Waals surface area contributed by atoms with Gasteiger partial charge in [0.25, 0.3) is 0 Å². The number of hydrogen-bond donors (Lipinski definition) is 1. The third kappa shape index (κ3) is 7.81. The Morgan fingerprint density at radius 2 is 1.81 bits per heavy atom. The first-order valence-electron chi connectivity index (χ1n) is 13.1. The number of hydrogen-bond acceptors (Lipinski definition) is 5. The fourth-order valence-electron chi connectivity index (χ4n) is 4.90. The van der Waals surface area contributed by atoms with E-state index in [1.807, 2.05) is 78.9 Å². The zero-order valence-corrected chi connectivity index (χ0v) is 22.2. The quantitative estimate of drug-likeness (QED) is 0.436. The average molecular weight is 521 g/mol. The van der Waals surface area contributed by atoms with Gasteiger partial charge in [-0.05, 0) is 49.3 Å². The summed E-state index contributed by atoms with van der Waals surface area (Å²) in [5.74, 6) is 0.173. The highest BCUT2D eigenvalue weighted by Gasteiger charge is 2.34. The van der Waals surface area contributed by atoms with E-state index in [4.69, 9.17) is 4.74 Å². The normalized spacial score (nSPS) is 21.6. The second kappa shape index (κ2) is 13.6. The van der Waals surface area contributed by atoms with Gasteiger partial charge in [-0.3, -0.25) is 9.69 Å². The lowest BCUT2D eigenvalue weighted by molar-refractivity contribution is -0.157. The molecule has 37 heavy (non-hydrogen) atoms. The fraction of sp³-hybridized carbons (Fsp3) is 0.400. The lowest BCUT2D eigenvalue weighted by atomic mass is 9.90. The minimum absolute atomic E-state index is 0.108. The number of ether oxygens (including phenoxy) is 1. The van der Waals surface area contributed by atoms with E-state index < -0.39 is 23.0 Å². The van der Waals surface area contributed by atoms with Crippen LogP contribution in [0.15, 0.2) is 84.5 Å². The number of carbonyl (C=O) groups excluding carboxylic acids is 2. The maximum Gasteiger partial charge on any atom is 0.329 e. The highest BCUT2D eigenvalue weighted by atomic mass is 32.2. The standard InChI is InChI=1S/C30H36N2O4S/c1-2-24-18-19-32(20-27(33)25-14-8-4-9-15-25)21-28(24)36-30(34)29(26-16-10-5-11-17-26)31-37(35)22-23-12-6-3-7-13-23/h3,5-8,10-17,24,28-29,31H,2,4,9,18-22H2,1H3/t24?,28-,29?,37?/m0/s1. The summed E-state index contributed by atoms with van der Waals surface area (Å²) in [6.07, 6.45) is 9.25. The van der Waals surface area contributed by atoms with Crippen LogP contribution in [0.2, 0.25) is 0 Å². The van der Waals surface area contributed by atoms with Crippen LogP contribution in [0.3, 0.4) is 0 Å². The summed E-state index contributed by atoms with van der Waals surface area (Å²) in [6, 6.07) is 18.0. The molecule has 2 aromatic rings. The number of ketones is 1. The fourth-order valence-corrected chi connectivity index (χ4v) is 5.98. The molecule has 4 rings (SSSR count). The predicted molar refractivity (Wildman–Crippen MR) is 147 cm³/mol. The number of rotatable bonds is 11. The van der Waals surface area contributed by atoms with Gasteiger partial charge in [0.05, 0.1) is 23.3 Å². The van der Waals surface area contributed by atoms with Crippen LogP contribution < -0.4 is 4.72 Å². The number of esters is 1. The molecule has 196 valence electrons. The lowest BCUT2D eigenvalue weighted by Crippen LogP contribution is -2.48. The van der Waals surface area contributed by atoms with Crippen LogP contribution in [0.4, 0.5) is 0 Å². The Morgan fingerprint density at radius 3 is 2.49 bits per heavy atom. The maximum absolute atomic E-state index is 13.5. The summed E-state index contributed by atoms with van der Waals surface area (Å²) in [6.45, 7) is 3.74. The van der Waals surface area contributed by atoms with Gasteiger partial charge < -0.3 is 4.74 Å². The van der Waals surface area contributed by atoms with Crippen LogP contribution in [0.25, 0.3) is 0 Å². The Labute approximate surface area is 222 Å². The summed E-state index contributed by atoms with van der Waals surface area (Å²) in [4.78, 5) is 28.4. The van der Waals surface area contributed by atoms with Gasteiger partial charge in [-0.2, -0.15) is 0 Å². The zero-order valence-electron chi connectivity index (χ0n) is 21.4. The molecule has 0 amide bonds. The third-order valence-electron chi connectivity index (χ3n) is 7.01. The molecule has 0 radical (unpaired) electrons. The molecule has 4 atom stereocenters. The van der Waals surface area contributed by atoms with Crippen LogP contribution in [0.5, 0.6) is 0 Å². The van der Waals surface area contributed by atoms with Crippen molar-refractivity contribution in [1.29, 1.82) is 0 Å². The number of Topliss-reactive ketones (excluding diaryl/α,β-unsaturated/α-hetero) is 1. The second-order valence-corrected chi connectivity index (χ2v) is 10.9. The number of likely N-dealkylation sites (tertiary alicyclic amines) is 1. The van der Waals surface area contributed by atoms with Crippen molar-refractivity contribution in [2.45, 2.75) is 50.5 Å². The Bertz CT molecular complexity index is 1130. The number of carbonyl (C=O) groups is 2. The molecule has 1 heterocycles. The molecule has 1 N–H and O–H groups in total. The SMILES string of the molecule is CCC1CCN(CC(=O)C2=CCCC=C2)C[C@@H]1OC(=O)C(NS(=O)Cc1ccccc1)c1ccccc1. The first kappa shape index (κ1) is 27.2. The summed E-state index contributed by atoms with van der Waals surface area (Å²) >= 11 is 0. The first-order valence-corrected chi connectivity index (χ1v) is 14.4. The van der Waals surface area contributed by atoms with Crippen LogP contribution in [0, 0.1) is 5.92 Å². The van der Waals surface area contributed by atoms with E-state index in [9.17, 15) is 13.8 Å². The molecular formula is C30H36N2O4S. The van der Waals surface area contributed by atoms with E-state index in [0.717, 1.165) is 43.4 Å². The summed E-state index contributed by atoms with van der Waals surface area (Å²) in [5, 5.41) is 0. The molecule has 6 nitrogen and oxygen atoms in total. The Kier molecular flexibility index (Phi) is 9.99. The highest BCUT2D eigenvalue weighted by molar-refractivity contribution is 7.82. The van der Waals surface area contributed by atoms with Crippen molar-refractivity contribution in [1.82, 2.24) is 9.62 Å². The number of nitrogens with one attached hydrogen (secondary N) is 1. The molecule has 0 saturated carbocycles. The number of nitrogens with zero attached hydrogens (tertiary/aromatic N) is 1. The van der Waals surface area contributed by atoms with Crippen LogP contribution in [0.1, 0.15) is 49.8 Å². The molecule has 0 bridgehead atoms. The molecule has 0 aromatic heterocycles. The highest BCUT2D eigenvalue weighted by Crippen LogP contribution is 2.26. The van der Waals surface area contributed by atoms with Gasteiger partial charge in [-0.15, -0.1) is 0 Å². The third-order valence-corrected chi connectivity index (χ3v) is 8.11. The van der Waals surface area contributed by atoms with Gasteiger partial charge in [0.15, 0.2) is 5.78 Å². The van der Waals surface area contributed by atoms with Gasteiger partial charge >= 0.3 is 5.97 Å². The van der Waals surface area contributed by atoms with E-state index in [-0.39, 0.29) is 17.8 Å². The van der Waals surface area contributed by atoms with Crippen molar-refractivity contribution in [2.75, 3.05) is 19.6 Å². The maximum atomic E-state index is 13.5. The van der Waals surface area contributed by atoms with Gasteiger partial charge in [0, 0.05) is 12.1 Å². The monoisotopic (exact) mass is 520 g/mol. The molecular weight excluding hydrogens is 484 g/mol. The van der Waals surface area contributed by atoms with Gasteiger partial charge in [-0.1, -0.05) is 85.8 Å². The molecule has 7 heteroatoms. The average Bonchev–Trinajstić information content (AvgIpc) is 2.93. The number of benzene rings is 2. The lowest BCUT2D eigenvalue weighted by Gasteiger charge is -2.38. The zero-order chi connectivity index (χ0) is 26.0. The largest absolute Gasteiger partial charge is 0.459 e. The Hall–Kier alpha value is -2.87. The van der Waals surface area contributed by atoms with Crippen molar-refractivity contribution < 1.29 is 18.5 Å². The second-order valence-electron chi connectivity index (χ2n) is 9.67. The van der Waals surface area contributed by atoms with Crippen molar-refractivity contribution in [3.8, 4) is 0 Å². The van der Waals surface area contributed by atoms with E-state index in [1.165, 1.54) is 0 Å². The minimum atomic E-state index is -1.48. The summed E-state index contributed by atoms with van der Waals surface area (Å²) in [5.41, 5.74) is 2.41. The molecule has 2 aliphatic rings. The molecule has 1 fully saturated rings. The Morgan fingerprint density at radius 1 is 1.08 bits per heavy atom. The molecule has 3 unspecified atom stereocenters. The van der Waals surface area contributed by atoms with E-state index in [0.29, 0.717) is 24.4 Å².